The molecule has 3 aromatic rings. The fraction of sp³-hybridized carbons (Fsp3) is 0.375. The minimum Gasteiger partial charge on any atom is -0.504 e. The minimum absolute atomic E-state index is 0.0310. The fourth-order valence-electron chi connectivity index (χ4n) is 4.88. The Morgan fingerprint density at radius 3 is 2.32 bits per heavy atom. The molecular formula is C24H26N2O7S. The van der Waals surface area contributed by atoms with E-state index < -0.39 is 32.5 Å². The molecule has 0 aliphatic carbocycles. The van der Waals surface area contributed by atoms with E-state index in [1.165, 1.54) is 6.07 Å². The lowest BCUT2D eigenvalue weighted by Crippen LogP contribution is -2.50. The van der Waals surface area contributed by atoms with Crippen LogP contribution in [0.3, 0.4) is 0 Å². The highest BCUT2D eigenvalue weighted by atomic mass is 32.2. The highest BCUT2D eigenvalue weighted by Gasteiger charge is 2.34. The predicted octanol–water partition coefficient (Wildman–Crippen LogP) is 1.88. The van der Waals surface area contributed by atoms with Gasteiger partial charge in [0, 0.05) is 50.4 Å². The van der Waals surface area contributed by atoms with Crippen molar-refractivity contribution in [2.75, 3.05) is 37.7 Å². The molecule has 0 radical (unpaired) electrons. The van der Waals surface area contributed by atoms with E-state index in [2.05, 4.69) is 4.90 Å². The van der Waals surface area contributed by atoms with Crippen LogP contribution in [0.4, 0.5) is 0 Å². The van der Waals surface area contributed by atoms with Crippen molar-refractivity contribution in [2.24, 2.45) is 0 Å². The second kappa shape index (κ2) is 8.61. The third-order valence-electron chi connectivity index (χ3n) is 6.76. The van der Waals surface area contributed by atoms with Gasteiger partial charge in [0.15, 0.2) is 32.3 Å². The van der Waals surface area contributed by atoms with Gasteiger partial charge >= 0.3 is 0 Å². The van der Waals surface area contributed by atoms with Crippen LogP contribution in [-0.4, -0.2) is 77.3 Å². The summed E-state index contributed by atoms with van der Waals surface area (Å²) in [5.74, 6) is -1.28. The maximum Gasteiger partial charge on any atom is 0.201 e. The van der Waals surface area contributed by atoms with Crippen molar-refractivity contribution < 1.29 is 28.2 Å². The van der Waals surface area contributed by atoms with Crippen molar-refractivity contribution in [3.63, 3.8) is 0 Å². The van der Waals surface area contributed by atoms with Crippen molar-refractivity contribution in [3.05, 3.63) is 52.2 Å². The van der Waals surface area contributed by atoms with E-state index in [1.54, 1.807) is 24.3 Å². The zero-order valence-corrected chi connectivity index (χ0v) is 19.3. The molecule has 34 heavy (non-hydrogen) atoms. The molecule has 0 spiro atoms. The predicted molar refractivity (Wildman–Crippen MR) is 127 cm³/mol. The molecule has 10 heteroatoms. The summed E-state index contributed by atoms with van der Waals surface area (Å²) in [4.78, 5) is 17.1. The highest BCUT2D eigenvalue weighted by Crippen LogP contribution is 2.44. The summed E-state index contributed by atoms with van der Waals surface area (Å²) in [7, 11) is -2.96. The zero-order chi connectivity index (χ0) is 24.0. The first-order valence-corrected chi connectivity index (χ1v) is 13.0. The third kappa shape index (κ3) is 4.13. The lowest BCUT2D eigenvalue weighted by Gasteiger charge is -2.37. The van der Waals surface area contributed by atoms with Crippen LogP contribution in [0, 0.1) is 0 Å². The summed E-state index contributed by atoms with van der Waals surface area (Å²) < 4.78 is 29.7. The first-order chi connectivity index (χ1) is 16.2. The molecule has 0 amide bonds. The maximum absolute atomic E-state index is 12.9. The summed E-state index contributed by atoms with van der Waals surface area (Å²) in [6.45, 7) is 2.75. The van der Waals surface area contributed by atoms with E-state index in [9.17, 15) is 28.5 Å². The average molecular weight is 487 g/mol. The summed E-state index contributed by atoms with van der Waals surface area (Å²) >= 11 is 0. The highest BCUT2D eigenvalue weighted by molar-refractivity contribution is 7.91. The fourth-order valence-corrected chi connectivity index (χ4v) is 6.64. The van der Waals surface area contributed by atoms with Gasteiger partial charge in [-0.05, 0) is 6.42 Å². The third-order valence-corrected chi connectivity index (χ3v) is 8.52. The summed E-state index contributed by atoms with van der Waals surface area (Å²) in [6.07, 6.45) is 0.646. The zero-order valence-electron chi connectivity index (χ0n) is 18.5. The van der Waals surface area contributed by atoms with Crippen LogP contribution in [-0.2, 0) is 16.4 Å². The van der Waals surface area contributed by atoms with Gasteiger partial charge in [0.2, 0.25) is 5.75 Å². The Balaban J connectivity index is 1.46. The number of hydrogen-bond donors (Lipinski definition) is 3. The number of phenols is 3. The molecule has 1 aromatic heterocycles. The lowest BCUT2D eigenvalue weighted by atomic mass is 10.0. The van der Waals surface area contributed by atoms with Crippen molar-refractivity contribution in [3.8, 4) is 28.6 Å². The van der Waals surface area contributed by atoms with Crippen molar-refractivity contribution in [1.82, 2.24) is 9.80 Å². The molecule has 0 saturated carbocycles. The lowest BCUT2D eigenvalue weighted by molar-refractivity contribution is 0.0995. The Hall–Kier alpha value is -3.08. The number of sulfone groups is 1. The first kappa shape index (κ1) is 22.7. The first-order valence-electron chi connectivity index (χ1n) is 11.2. The Morgan fingerprint density at radius 1 is 0.971 bits per heavy atom. The molecule has 3 heterocycles. The number of rotatable bonds is 4. The van der Waals surface area contributed by atoms with E-state index in [1.807, 2.05) is 11.0 Å². The molecule has 5 rings (SSSR count). The van der Waals surface area contributed by atoms with Gasteiger partial charge < -0.3 is 19.7 Å². The molecule has 2 fully saturated rings. The average Bonchev–Trinajstić information content (AvgIpc) is 3.20. The minimum atomic E-state index is -2.96. The smallest absolute Gasteiger partial charge is 0.201 e. The Labute approximate surface area is 196 Å². The number of hydrogen-bond acceptors (Lipinski definition) is 9. The van der Waals surface area contributed by atoms with Crippen LogP contribution in [0.15, 0.2) is 45.6 Å². The van der Waals surface area contributed by atoms with Gasteiger partial charge in [-0.25, -0.2) is 8.42 Å². The van der Waals surface area contributed by atoms with Gasteiger partial charge in [0.1, 0.15) is 11.1 Å². The Morgan fingerprint density at radius 2 is 1.68 bits per heavy atom. The number of fused-ring (bicyclic) bond motifs is 1. The van der Waals surface area contributed by atoms with Crippen LogP contribution in [0.1, 0.15) is 12.0 Å². The molecule has 2 aromatic carbocycles. The van der Waals surface area contributed by atoms with Crippen molar-refractivity contribution in [2.45, 2.75) is 19.0 Å². The van der Waals surface area contributed by atoms with Crippen LogP contribution >= 0.6 is 0 Å². The largest absolute Gasteiger partial charge is 0.504 e. The molecule has 2 aliphatic rings. The molecular weight excluding hydrogens is 460 g/mol. The van der Waals surface area contributed by atoms with Crippen LogP contribution < -0.4 is 5.43 Å². The standard InChI is InChI=1S/C24H26N2O7S/c27-18-12-19(15-4-2-1-3-5-15)33-24-17(21(28)23(30)22(29)20(18)24)13-25-7-9-26(10-8-25)16-6-11-34(31,32)14-16/h1-5,12,16,28-30H,6-11,13-14H2/t16-/m1/s1. The number of piperazine rings is 1. The number of benzene rings is 2. The maximum atomic E-state index is 12.9. The monoisotopic (exact) mass is 486 g/mol. The normalized spacial score (nSPS) is 21.2. The Bertz CT molecular complexity index is 1390. The van der Waals surface area contributed by atoms with E-state index in [0.717, 1.165) is 0 Å². The number of phenolic OH excluding ortho intramolecular Hbond substituents is 3. The van der Waals surface area contributed by atoms with E-state index >= 15 is 0 Å². The summed E-state index contributed by atoms with van der Waals surface area (Å²) in [5, 5.41) is 31.2. The quantitative estimate of drug-likeness (QED) is 0.473. The van der Waals surface area contributed by atoms with Gasteiger partial charge in [-0.15, -0.1) is 0 Å². The van der Waals surface area contributed by atoms with Gasteiger partial charge in [0.25, 0.3) is 0 Å². The molecule has 9 nitrogen and oxygen atoms in total. The van der Waals surface area contributed by atoms with E-state index in [-0.39, 0.29) is 46.4 Å². The second-order valence-electron chi connectivity index (χ2n) is 8.94. The molecule has 0 bridgehead atoms. The number of aromatic hydroxyl groups is 3. The van der Waals surface area contributed by atoms with Crippen molar-refractivity contribution >= 4 is 20.8 Å². The van der Waals surface area contributed by atoms with Crippen LogP contribution in [0.5, 0.6) is 17.2 Å². The molecule has 0 unspecified atom stereocenters. The number of nitrogens with zero attached hydrogens (tertiary/aromatic N) is 2. The van der Waals surface area contributed by atoms with E-state index in [0.29, 0.717) is 38.2 Å². The topological polar surface area (TPSA) is 132 Å². The van der Waals surface area contributed by atoms with Crippen LogP contribution in [0.2, 0.25) is 0 Å². The van der Waals surface area contributed by atoms with Gasteiger partial charge in [-0.3, -0.25) is 14.6 Å². The van der Waals surface area contributed by atoms with Gasteiger partial charge in [0.05, 0.1) is 17.1 Å². The molecule has 2 saturated heterocycles. The van der Waals surface area contributed by atoms with Crippen molar-refractivity contribution in [1.29, 1.82) is 0 Å². The molecule has 180 valence electrons. The summed E-state index contributed by atoms with van der Waals surface area (Å²) in [6, 6.07) is 10.3. The molecule has 2 aliphatic heterocycles. The summed E-state index contributed by atoms with van der Waals surface area (Å²) in [5.41, 5.74) is 0.390. The van der Waals surface area contributed by atoms with Gasteiger partial charge in [-0.2, -0.15) is 0 Å². The Kier molecular flexibility index (Phi) is 5.75. The van der Waals surface area contributed by atoms with Crippen LogP contribution in [0.25, 0.3) is 22.3 Å². The second-order valence-corrected chi connectivity index (χ2v) is 11.2. The SMILES string of the molecule is O=c1cc(-c2ccccc2)oc2c(CN3CCN([C@@H]4CCS(=O)(=O)C4)CC3)c(O)c(O)c(O)c12. The van der Waals surface area contributed by atoms with E-state index in [4.69, 9.17) is 4.42 Å². The molecule has 3 N–H and O–H groups in total. The molecule has 1 atom stereocenters. The van der Waals surface area contributed by atoms with Gasteiger partial charge in [-0.1, -0.05) is 30.3 Å².